The molecule has 0 aliphatic carbocycles. The van der Waals surface area contributed by atoms with Gasteiger partial charge in [0.15, 0.2) is 0 Å². The van der Waals surface area contributed by atoms with E-state index < -0.39 is 0 Å². The van der Waals surface area contributed by atoms with Crippen molar-refractivity contribution in [3.8, 4) is 0 Å². The van der Waals surface area contributed by atoms with Gasteiger partial charge in [0.05, 0.1) is 5.75 Å². The summed E-state index contributed by atoms with van der Waals surface area (Å²) < 4.78 is 0. The lowest BCUT2D eigenvalue weighted by molar-refractivity contribution is -0.116. The van der Waals surface area contributed by atoms with Crippen molar-refractivity contribution >= 4 is 29.1 Å². The molecule has 0 saturated heterocycles. The number of thioether (sulfide) groups is 1. The van der Waals surface area contributed by atoms with Gasteiger partial charge in [-0.1, -0.05) is 41.9 Å². The van der Waals surface area contributed by atoms with Crippen LogP contribution in [0, 0.1) is 6.92 Å². The first-order valence-electron chi connectivity index (χ1n) is 6.10. The van der Waals surface area contributed by atoms with Gasteiger partial charge < -0.3 is 0 Å². The third kappa shape index (κ3) is 4.41. The first kappa shape index (κ1) is 14.2. The maximum absolute atomic E-state index is 11.9. The predicted molar refractivity (Wildman–Crippen MR) is 82.1 cm³/mol. The zero-order valence-corrected chi connectivity index (χ0v) is 12.3. The minimum absolute atomic E-state index is 0.232. The molecule has 0 bridgehead atoms. The number of hydrogen-bond donors (Lipinski definition) is 0. The fraction of sp³-hybridized carbons (Fsp3) is 0.188. The van der Waals surface area contributed by atoms with Crippen LogP contribution >= 0.6 is 23.4 Å². The average Bonchev–Trinajstić information content (AvgIpc) is 2.40. The Labute approximate surface area is 123 Å². The second-order valence-corrected chi connectivity index (χ2v) is 5.85. The maximum atomic E-state index is 11.9. The smallest absolute Gasteiger partial charge is 0.147 e. The van der Waals surface area contributed by atoms with Crippen LogP contribution in [-0.2, 0) is 11.2 Å². The summed E-state index contributed by atoms with van der Waals surface area (Å²) in [5.41, 5.74) is 2.23. The van der Waals surface area contributed by atoms with Gasteiger partial charge in [0, 0.05) is 16.3 Å². The minimum atomic E-state index is 0.232. The van der Waals surface area contributed by atoms with Crippen molar-refractivity contribution < 1.29 is 4.79 Å². The number of halogens is 1. The Morgan fingerprint density at radius 2 is 1.79 bits per heavy atom. The lowest BCUT2D eigenvalue weighted by atomic mass is 10.1. The first-order chi connectivity index (χ1) is 9.15. The molecule has 0 fully saturated rings. The standard InChI is InChI=1S/C16H15ClOS/c1-12-4-2-3-5-16(12)19-11-15(18)10-13-6-8-14(17)9-7-13/h2-9H,10-11H2,1H3. The Hall–Kier alpha value is -1.25. The van der Waals surface area contributed by atoms with Crippen molar-refractivity contribution in [1.82, 2.24) is 0 Å². The van der Waals surface area contributed by atoms with E-state index in [9.17, 15) is 4.79 Å². The van der Waals surface area contributed by atoms with Gasteiger partial charge in [0.1, 0.15) is 5.78 Å². The number of ketones is 1. The Kier molecular flexibility index (Phi) is 5.06. The van der Waals surface area contributed by atoms with Crippen molar-refractivity contribution in [2.45, 2.75) is 18.2 Å². The van der Waals surface area contributed by atoms with Crippen LogP contribution in [0.4, 0.5) is 0 Å². The van der Waals surface area contributed by atoms with Crippen LogP contribution in [0.15, 0.2) is 53.4 Å². The topological polar surface area (TPSA) is 17.1 Å². The van der Waals surface area contributed by atoms with E-state index >= 15 is 0 Å². The summed E-state index contributed by atoms with van der Waals surface area (Å²) in [5, 5.41) is 0.700. The zero-order chi connectivity index (χ0) is 13.7. The molecule has 0 unspecified atom stereocenters. The lowest BCUT2D eigenvalue weighted by Crippen LogP contribution is -2.05. The van der Waals surface area contributed by atoms with Crippen LogP contribution in [0.2, 0.25) is 5.02 Å². The molecule has 0 saturated carbocycles. The molecule has 0 N–H and O–H groups in total. The molecule has 0 heterocycles. The third-order valence-corrected chi connectivity index (χ3v) is 4.28. The average molecular weight is 291 g/mol. The molecule has 3 heteroatoms. The van der Waals surface area contributed by atoms with E-state index in [4.69, 9.17) is 11.6 Å². The van der Waals surface area contributed by atoms with Crippen molar-refractivity contribution in [1.29, 1.82) is 0 Å². The highest BCUT2D eigenvalue weighted by Crippen LogP contribution is 2.22. The van der Waals surface area contributed by atoms with Gasteiger partial charge in [0.2, 0.25) is 0 Å². The summed E-state index contributed by atoms with van der Waals surface area (Å²) in [6.45, 7) is 2.06. The van der Waals surface area contributed by atoms with Gasteiger partial charge in [0.25, 0.3) is 0 Å². The molecule has 98 valence electrons. The van der Waals surface area contributed by atoms with Crippen LogP contribution in [0.3, 0.4) is 0 Å². The van der Waals surface area contributed by atoms with E-state index in [1.165, 1.54) is 10.5 Å². The van der Waals surface area contributed by atoms with Crippen molar-refractivity contribution in [3.05, 3.63) is 64.7 Å². The molecular formula is C16H15ClOS. The van der Waals surface area contributed by atoms with Crippen LogP contribution in [0.25, 0.3) is 0 Å². The van der Waals surface area contributed by atoms with Gasteiger partial charge in [-0.2, -0.15) is 0 Å². The molecule has 0 aliphatic rings. The third-order valence-electron chi connectivity index (χ3n) is 2.80. The molecule has 0 amide bonds. The van der Waals surface area contributed by atoms with E-state index in [1.807, 2.05) is 36.4 Å². The molecule has 2 aromatic rings. The fourth-order valence-electron chi connectivity index (χ4n) is 1.76. The number of aryl methyl sites for hydroxylation is 1. The second kappa shape index (κ2) is 6.78. The number of hydrogen-bond acceptors (Lipinski definition) is 2. The minimum Gasteiger partial charge on any atom is -0.298 e. The Morgan fingerprint density at radius 1 is 1.11 bits per heavy atom. The summed E-state index contributed by atoms with van der Waals surface area (Å²) in [4.78, 5) is 13.1. The summed E-state index contributed by atoms with van der Waals surface area (Å²) in [7, 11) is 0. The van der Waals surface area contributed by atoms with Gasteiger partial charge in [-0.15, -0.1) is 11.8 Å². The summed E-state index contributed by atoms with van der Waals surface area (Å²) in [6.07, 6.45) is 0.468. The van der Waals surface area contributed by atoms with Crippen molar-refractivity contribution in [3.63, 3.8) is 0 Å². The van der Waals surface area contributed by atoms with Crippen molar-refractivity contribution in [2.24, 2.45) is 0 Å². The summed E-state index contributed by atoms with van der Waals surface area (Å²) in [5.74, 6) is 0.739. The Balaban J connectivity index is 1.88. The molecule has 0 radical (unpaired) electrons. The molecule has 2 aromatic carbocycles. The fourth-order valence-corrected chi connectivity index (χ4v) is 2.77. The molecule has 0 aromatic heterocycles. The molecular weight excluding hydrogens is 276 g/mol. The number of benzene rings is 2. The molecule has 0 atom stereocenters. The Bertz CT molecular complexity index is 563. The normalized spacial score (nSPS) is 10.4. The summed E-state index contributed by atoms with van der Waals surface area (Å²) >= 11 is 7.42. The monoisotopic (exact) mass is 290 g/mol. The molecule has 2 rings (SSSR count). The second-order valence-electron chi connectivity index (χ2n) is 4.40. The molecule has 0 spiro atoms. The highest BCUT2D eigenvalue weighted by molar-refractivity contribution is 8.00. The van der Waals surface area contributed by atoms with E-state index in [2.05, 4.69) is 19.1 Å². The van der Waals surface area contributed by atoms with Crippen LogP contribution in [0.1, 0.15) is 11.1 Å². The van der Waals surface area contributed by atoms with Crippen LogP contribution in [-0.4, -0.2) is 11.5 Å². The number of carbonyl (C=O) groups is 1. The molecule has 0 aliphatic heterocycles. The van der Waals surface area contributed by atoms with E-state index in [0.717, 1.165) is 5.56 Å². The SMILES string of the molecule is Cc1ccccc1SCC(=O)Cc1ccc(Cl)cc1. The quantitative estimate of drug-likeness (QED) is 0.751. The van der Waals surface area contributed by atoms with Gasteiger partial charge in [-0.3, -0.25) is 4.79 Å². The van der Waals surface area contributed by atoms with E-state index in [0.29, 0.717) is 17.2 Å². The van der Waals surface area contributed by atoms with Crippen molar-refractivity contribution in [2.75, 3.05) is 5.75 Å². The van der Waals surface area contributed by atoms with Crippen LogP contribution < -0.4 is 0 Å². The van der Waals surface area contributed by atoms with E-state index in [1.54, 1.807) is 11.8 Å². The van der Waals surface area contributed by atoms with Crippen LogP contribution in [0.5, 0.6) is 0 Å². The number of Topliss-reactive ketones (excluding diaryl/α,β-unsaturated/α-hetero) is 1. The van der Waals surface area contributed by atoms with E-state index in [-0.39, 0.29) is 5.78 Å². The molecule has 1 nitrogen and oxygen atoms in total. The highest BCUT2D eigenvalue weighted by Gasteiger charge is 2.06. The number of carbonyl (C=O) groups excluding carboxylic acids is 1. The maximum Gasteiger partial charge on any atom is 0.147 e. The van der Waals surface area contributed by atoms with Gasteiger partial charge in [-0.05, 0) is 36.2 Å². The Morgan fingerprint density at radius 3 is 2.47 bits per heavy atom. The highest BCUT2D eigenvalue weighted by atomic mass is 35.5. The predicted octanol–water partition coefficient (Wildman–Crippen LogP) is 4.55. The lowest BCUT2D eigenvalue weighted by Gasteiger charge is -2.05. The summed E-state index contributed by atoms with van der Waals surface area (Å²) in [6, 6.07) is 15.6. The largest absolute Gasteiger partial charge is 0.298 e. The first-order valence-corrected chi connectivity index (χ1v) is 7.46. The number of rotatable bonds is 5. The molecule has 19 heavy (non-hydrogen) atoms. The van der Waals surface area contributed by atoms with Gasteiger partial charge >= 0.3 is 0 Å². The zero-order valence-electron chi connectivity index (χ0n) is 10.7. The van der Waals surface area contributed by atoms with Gasteiger partial charge in [-0.25, -0.2) is 0 Å².